The monoisotopic (exact) mass is 305 g/mol. The first-order valence-electron chi connectivity index (χ1n) is 8.01. The van der Waals surface area contributed by atoms with Crippen molar-refractivity contribution < 1.29 is 4.52 Å². The van der Waals surface area contributed by atoms with E-state index in [9.17, 15) is 0 Å². The molecule has 8 heteroatoms. The SMILES string of the molecule is CCCn1nnnc1CN1CCCC1c1noc(C(C)C)n1. The molecule has 1 saturated heterocycles. The molecule has 1 fully saturated rings. The van der Waals surface area contributed by atoms with Crippen molar-refractivity contribution in [1.82, 2.24) is 35.2 Å². The highest BCUT2D eigenvalue weighted by molar-refractivity contribution is 5.00. The van der Waals surface area contributed by atoms with E-state index in [1.807, 2.05) is 4.68 Å². The molecule has 1 aliphatic rings. The maximum Gasteiger partial charge on any atom is 0.229 e. The van der Waals surface area contributed by atoms with Gasteiger partial charge in [0, 0.05) is 12.5 Å². The molecule has 1 atom stereocenters. The summed E-state index contributed by atoms with van der Waals surface area (Å²) in [5.74, 6) is 2.66. The van der Waals surface area contributed by atoms with Gasteiger partial charge >= 0.3 is 0 Å². The Morgan fingerprint density at radius 1 is 1.36 bits per heavy atom. The van der Waals surface area contributed by atoms with Crippen LogP contribution in [0.2, 0.25) is 0 Å². The third kappa shape index (κ3) is 3.01. The van der Waals surface area contributed by atoms with Crippen LogP contribution in [0.4, 0.5) is 0 Å². The zero-order valence-corrected chi connectivity index (χ0v) is 13.4. The van der Waals surface area contributed by atoms with Crippen molar-refractivity contribution in [3.8, 4) is 0 Å². The highest BCUT2D eigenvalue weighted by Gasteiger charge is 2.31. The Hall–Kier alpha value is -1.83. The van der Waals surface area contributed by atoms with E-state index in [-0.39, 0.29) is 12.0 Å². The zero-order chi connectivity index (χ0) is 15.5. The molecule has 1 aliphatic heterocycles. The van der Waals surface area contributed by atoms with Gasteiger partial charge in [0.1, 0.15) is 0 Å². The maximum absolute atomic E-state index is 5.35. The summed E-state index contributed by atoms with van der Waals surface area (Å²) in [7, 11) is 0. The fraction of sp³-hybridized carbons (Fsp3) is 0.786. The molecule has 3 rings (SSSR count). The second-order valence-electron chi connectivity index (χ2n) is 6.09. The Bertz CT molecular complexity index is 606. The van der Waals surface area contributed by atoms with Gasteiger partial charge in [0.15, 0.2) is 11.6 Å². The van der Waals surface area contributed by atoms with Gasteiger partial charge in [0.25, 0.3) is 0 Å². The van der Waals surface area contributed by atoms with Gasteiger partial charge in [-0.25, -0.2) is 4.68 Å². The molecule has 120 valence electrons. The van der Waals surface area contributed by atoms with Gasteiger partial charge in [0.2, 0.25) is 5.89 Å². The molecule has 22 heavy (non-hydrogen) atoms. The summed E-state index contributed by atoms with van der Waals surface area (Å²) < 4.78 is 7.23. The van der Waals surface area contributed by atoms with Crippen LogP contribution in [0.15, 0.2) is 4.52 Å². The first-order valence-corrected chi connectivity index (χ1v) is 8.01. The topological polar surface area (TPSA) is 85.8 Å². The van der Waals surface area contributed by atoms with Gasteiger partial charge in [0.05, 0.1) is 12.6 Å². The Kier molecular flexibility index (Phi) is 4.47. The molecule has 1 unspecified atom stereocenters. The summed E-state index contributed by atoms with van der Waals surface area (Å²) in [6, 6.07) is 0.197. The first kappa shape index (κ1) is 15.1. The fourth-order valence-electron chi connectivity index (χ4n) is 2.83. The highest BCUT2D eigenvalue weighted by Crippen LogP contribution is 2.31. The van der Waals surface area contributed by atoms with Crippen molar-refractivity contribution in [3.05, 3.63) is 17.5 Å². The molecule has 0 bridgehead atoms. The van der Waals surface area contributed by atoms with Crippen molar-refractivity contribution in [3.63, 3.8) is 0 Å². The summed E-state index contributed by atoms with van der Waals surface area (Å²) in [6.07, 6.45) is 3.20. The van der Waals surface area contributed by atoms with Crippen LogP contribution >= 0.6 is 0 Å². The minimum Gasteiger partial charge on any atom is -0.339 e. The Morgan fingerprint density at radius 2 is 2.23 bits per heavy atom. The van der Waals surface area contributed by atoms with Crippen molar-refractivity contribution in [2.45, 2.75) is 65.1 Å². The van der Waals surface area contributed by atoms with Gasteiger partial charge < -0.3 is 4.52 Å². The van der Waals surface area contributed by atoms with E-state index in [4.69, 9.17) is 4.52 Å². The highest BCUT2D eigenvalue weighted by atomic mass is 16.5. The summed E-state index contributed by atoms with van der Waals surface area (Å²) in [6.45, 7) is 8.82. The van der Waals surface area contributed by atoms with Gasteiger partial charge in [-0.3, -0.25) is 4.90 Å². The smallest absolute Gasteiger partial charge is 0.229 e. The predicted molar refractivity (Wildman–Crippen MR) is 78.9 cm³/mol. The lowest BCUT2D eigenvalue weighted by molar-refractivity contribution is 0.224. The average Bonchev–Trinajstić information content (AvgIpc) is 3.20. The van der Waals surface area contributed by atoms with Crippen LogP contribution < -0.4 is 0 Å². The lowest BCUT2D eigenvalue weighted by atomic mass is 10.2. The molecule has 0 spiro atoms. The van der Waals surface area contributed by atoms with E-state index in [2.05, 4.69) is 51.3 Å². The normalized spacial score (nSPS) is 19.4. The molecule has 0 amide bonds. The molecule has 0 aromatic carbocycles. The number of aromatic nitrogens is 6. The fourth-order valence-corrected chi connectivity index (χ4v) is 2.83. The van der Waals surface area contributed by atoms with E-state index in [1.54, 1.807) is 0 Å². The average molecular weight is 305 g/mol. The van der Waals surface area contributed by atoms with Crippen molar-refractivity contribution >= 4 is 0 Å². The molecule has 0 radical (unpaired) electrons. The summed E-state index contributed by atoms with van der Waals surface area (Å²) in [5, 5.41) is 16.2. The third-order valence-electron chi connectivity index (χ3n) is 4.00. The summed E-state index contributed by atoms with van der Waals surface area (Å²) >= 11 is 0. The van der Waals surface area contributed by atoms with E-state index in [1.165, 1.54) is 0 Å². The maximum atomic E-state index is 5.35. The minimum absolute atomic E-state index is 0.197. The van der Waals surface area contributed by atoms with Crippen molar-refractivity contribution in [2.24, 2.45) is 0 Å². The number of aryl methyl sites for hydroxylation is 1. The second kappa shape index (κ2) is 6.51. The van der Waals surface area contributed by atoms with Crippen LogP contribution in [0.3, 0.4) is 0 Å². The quantitative estimate of drug-likeness (QED) is 0.806. The lowest BCUT2D eigenvalue weighted by Gasteiger charge is -2.20. The number of tetrazole rings is 1. The van der Waals surface area contributed by atoms with E-state index in [0.29, 0.717) is 5.89 Å². The van der Waals surface area contributed by atoms with Crippen molar-refractivity contribution in [2.75, 3.05) is 6.54 Å². The number of rotatable bonds is 6. The van der Waals surface area contributed by atoms with Crippen LogP contribution in [0, 0.1) is 0 Å². The van der Waals surface area contributed by atoms with Gasteiger partial charge in [-0.05, 0) is 36.2 Å². The number of hydrogen-bond acceptors (Lipinski definition) is 7. The third-order valence-corrected chi connectivity index (χ3v) is 4.00. The molecule has 8 nitrogen and oxygen atoms in total. The van der Waals surface area contributed by atoms with E-state index >= 15 is 0 Å². The number of hydrogen-bond donors (Lipinski definition) is 0. The van der Waals surface area contributed by atoms with E-state index < -0.39 is 0 Å². The summed E-state index contributed by atoms with van der Waals surface area (Å²) in [5.41, 5.74) is 0. The van der Waals surface area contributed by atoms with Crippen molar-refractivity contribution in [1.29, 1.82) is 0 Å². The minimum atomic E-state index is 0.197. The molecular formula is C14H23N7O. The van der Waals surface area contributed by atoms with Crippen LogP contribution in [0.5, 0.6) is 0 Å². The Morgan fingerprint density at radius 3 is 2.95 bits per heavy atom. The molecule has 0 aliphatic carbocycles. The Labute approximate surface area is 129 Å². The second-order valence-corrected chi connectivity index (χ2v) is 6.09. The molecule has 2 aromatic heterocycles. The predicted octanol–water partition coefficient (Wildman–Crippen LogP) is 1.93. The van der Waals surface area contributed by atoms with Crippen LogP contribution in [0.25, 0.3) is 0 Å². The molecule has 2 aromatic rings. The van der Waals surface area contributed by atoms with Gasteiger partial charge in [-0.2, -0.15) is 4.98 Å². The molecular weight excluding hydrogens is 282 g/mol. The van der Waals surface area contributed by atoms with Gasteiger partial charge in [-0.15, -0.1) is 5.10 Å². The molecule has 0 N–H and O–H groups in total. The lowest BCUT2D eigenvalue weighted by Crippen LogP contribution is -2.25. The molecule has 0 saturated carbocycles. The van der Waals surface area contributed by atoms with Crippen LogP contribution in [-0.4, -0.2) is 41.8 Å². The number of nitrogens with zero attached hydrogens (tertiary/aromatic N) is 7. The summed E-state index contributed by atoms with van der Waals surface area (Å²) in [4.78, 5) is 6.89. The van der Waals surface area contributed by atoms with E-state index in [0.717, 1.165) is 50.5 Å². The molecule has 3 heterocycles. The van der Waals surface area contributed by atoms with Crippen LogP contribution in [0.1, 0.15) is 69.5 Å². The largest absolute Gasteiger partial charge is 0.339 e. The van der Waals surface area contributed by atoms with Gasteiger partial charge in [-0.1, -0.05) is 25.9 Å². The first-order chi connectivity index (χ1) is 10.7. The number of likely N-dealkylation sites (tertiary alicyclic amines) is 1. The van der Waals surface area contributed by atoms with Crippen LogP contribution in [-0.2, 0) is 13.1 Å². The standard InChI is InChI=1S/C14H23N7O/c1-4-7-21-12(16-18-19-21)9-20-8-5-6-11(20)13-15-14(10(2)3)22-17-13/h10-11H,4-9H2,1-3H3. The Balaban J connectivity index is 1.73. The zero-order valence-electron chi connectivity index (χ0n) is 13.4.